The minimum absolute atomic E-state index is 0. The Hall–Kier alpha value is -1.01. The van der Waals surface area contributed by atoms with Crippen molar-refractivity contribution in [3.63, 3.8) is 0 Å². The van der Waals surface area contributed by atoms with E-state index >= 15 is 0 Å². The van der Waals surface area contributed by atoms with Crippen LogP contribution in [0, 0.1) is 13.8 Å². The Kier molecular flexibility index (Phi) is 8.67. The lowest BCUT2D eigenvalue weighted by Crippen LogP contribution is -2.52. The lowest BCUT2D eigenvalue weighted by atomic mass is 10.3. The molecule has 1 aliphatic heterocycles. The van der Waals surface area contributed by atoms with Crippen LogP contribution in [-0.4, -0.2) is 57.9 Å². The zero-order chi connectivity index (χ0) is 18.5. The van der Waals surface area contributed by atoms with E-state index in [-0.39, 0.29) is 24.0 Å². The fourth-order valence-electron chi connectivity index (χ4n) is 2.80. The highest BCUT2D eigenvalue weighted by Gasteiger charge is 2.22. The SMILES string of the molecule is CCNC(=NCc1nc(C)c(C)s1)N1CCN(c2nc(CC)ns2)CC1.I. The molecule has 0 radical (unpaired) electrons. The van der Waals surface area contributed by atoms with E-state index in [9.17, 15) is 0 Å². The molecule has 2 aromatic rings. The first-order valence-corrected chi connectivity index (χ1v) is 10.7. The molecule has 0 bridgehead atoms. The summed E-state index contributed by atoms with van der Waals surface area (Å²) in [4.78, 5) is 19.9. The molecule has 7 nitrogen and oxygen atoms in total. The monoisotopic (exact) mass is 521 g/mol. The molecule has 0 aromatic carbocycles. The minimum Gasteiger partial charge on any atom is -0.357 e. The van der Waals surface area contributed by atoms with Crippen LogP contribution in [0.2, 0.25) is 0 Å². The first kappa shape index (κ1) is 22.3. The van der Waals surface area contributed by atoms with E-state index in [4.69, 9.17) is 4.99 Å². The number of aryl methyl sites for hydroxylation is 3. The Morgan fingerprint density at radius 1 is 1.15 bits per heavy atom. The van der Waals surface area contributed by atoms with Crippen molar-refractivity contribution in [3.05, 3.63) is 21.4 Å². The lowest BCUT2D eigenvalue weighted by Gasteiger charge is -2.36. The van der Waals surface area contributed by atoms with Gasteiger partial charge in [-0.25, -0.2) is 15.0 Å². The molecule has 0 amide bonds. The minimum atomic E-state index is 0. The Bertz CT molecular complexity index is 731. The largest absolute Gasteiger partial charge is 0.357 e. The fourth-order valence-corrected chi connectivity index (χ4v) is 4.46. The zero-order valence-corrected chi connectivity index (χ0v) is 20.3. The number of guanidine groups is 1. The normalized spacial score (nSPS) is 15.0. The number of nitrogens with zero attached hydrogens (tertiary/aromatic N) is 6. The van der Waals surface area contributed by atoms with E-state index in [1.54, 1.807) is 11.3 Å². The number of piperazine rings is 1. The van der Waals surface area contributed by atoms with Gasteiger partial charge in [0.15, 0.2) is 5.96 Å². The Morgan fingerprint density at radius 2 is 1.89 bits per heavy atom. The van der Waals surface area contributed by atoms with Gasteiger partial charge < -0.3 is 15.1 Å². The van der Waals surface area contributed by atoms with Crippen molar-refractivity contribution in [1.82, 2.24) is 24.6 Å². The Labute approximate surface area is 186 Å². The molecule has 0 atom stereocenters. The summed E-state index contributed by atoms with van der Waals surface area (Å²) in [5.74, 6) is 1.92. The summed E-state index contributed by atoms with van der Waals surface area (Å²) in [6.07, 6.45) is 0.892. The van der Waals surface area contributed by atoms with Gasteiger partial charge in [0, 0.05) is 55.6 Å². The second-order valence-electron chi connectivity index (χ2n) is 6.24. The van der Waals surface area contributed by atoms with Gasteiger partial charge in [-0.05, 0) is 20.8 Å². The first-order chi connectivity index (χ1) is 12.6. The smallest absolute Gasteiger partial charge is 0.205 e. The highest BCUT2D eigenvalue weighted by molar-refractivity contribution is 14.0. The van der Waals surface area contributed by atoms with Crippen LogP contribution in [0.1, 0.15) is 35.3 Å². The number of aromatic nitrogens is 3. The predicted molar refractivity (Wildman–Crippen MR) is 125 cm³/mol. The van der Waals surface area contributed by atoms with Crippen LogP contribution >= 0.6 is 46.8 Å². The second kappa shape index (κ2) is 10.5. The van der Waals surface area contributed by atoms with Crippen LogP contribution < -0.4 is 10.2 Å². The van der Waals surface area contributed by atoms with Gasteiger partial charge in [-0.15, -0.1) is 35.3 Å². The third kappa shape index (κ3) is 5.74. The van der Waals surface area contributed by atoms with Gasteiger partial charge in [-0.1, -0.05) is 6.92 Å². The molecule has 1 saturated heterocycles. The summed E-state index contributed by atoms with van der Waals surface area (Å²) < 4.78 is 4.40. The highest BCUT2D eigenvalue weighted by Crippen LogP contribution is 2.20. The molecule has 3 heterocycles. The molecule has 150 valence electrons. The third-order valence-corrected chi connectivity index (χ3v) is 6.27. The number of nitrogens with one attached hydrogen (secondary N) is 1. The van der Waals surface area contributed by atoms with Gasteiger partial charge in [-0.3, -0.25) is 0 Å². The molecule has 0 unspecified atom stereocenters. The van der Waals surface area contributed by atoms with Crippen LogP contribution in [0.5, 0.6) is 0 Å². The Morgan fingerprint density at radius 3 is 2.44 bits per heavy atom. The van der Waals surface area contributed by atoms with Gasteiger partial charge in [0.1, 0.15) is 10.8 Å². The Balaban J connectivity index is 0.00000261. The number of hydrogen-bond acceptors (Lipinski definition) is 7. The average molecular weight is 521 g/mol. The number of halogens is 1. The number of rotatable bonds is 5. The van der Waals surface area contributed by atoms with Crippen molar-refractivity contribution < 1.29 is 0 Å². The van der Waals surface area contributed by atoms with E-state index < -0.39 is 0 Å². The molecule has 10 heteroatoms. The predicted octanol–water partition coefficient (Wildman–Crippen LogP) is 3.08. The summed E-state index contributed by atoms with van der Waals surface area (Å²) >= 11 is 3.24. The summed E-state index contributed by atoms with van der Waals surface area (Å²) in [6.45, 7) is 13.6. The number of thiazole rings is 1. The van der Waals surface area contributed by atoms with Crippen LogP contribution in [-0.2, 0) is 13.0 Å². The van der Waals surface area contributed by atoms with E-state index in [2.05, 4.69) is 57.2 Å². The van der Waals surface area contributed by atoms with Crippen LogP contribution in [0.4, 0.5) is 5.13 Å². The second-order valence-corrected chi connectivity index (χ2v) is 8.26. The van der Waals surface area contributed by atoms with Crippen molar-refractivity contribution in [3.8, 4) is 0 Å². The summed E-state index contributed by atoms with van der Waals surface area (Å²) in [6, 6.07) is 0. The zero-order valence-electron chi connectivity index (χ0n) is 16.4. The van der Waals surface area contributed by atoms with Gasteiger partial charge in [0.05, 0.1) is 12.2 Å². The third-order valence-electron chi connectivity index (χ3n) is 4.40. The van der Waals surface area contributed by atoms with Crippen molar-refractivity contribution in [2.24, 2.45) is 4.99 Å². The van der Waals surface area contributed by atoms with E-state index in [0.29, 0.717) is 6.54 Å². The summed E-state index contributed by atoms with van der Waals surface area (Å²) in [7, 11) is 0. The van der Waals surface area contributed by atoms with Gasteiger partial charge in [-0.2, -0.15) is 4.37 Å². The van der Waals surface area contributed by atoms with Crippen LogP contribution in [0.15, 0.2) is 4.99 Å². The maximum absolute atomic E-state index is 4.81. The molecule has 0 spiro atoms. The molecule has 1 aliphatic rings. The molecule has 0 saturated carbocycles. The fraction of sp³-hybridized carbons (Fsp3) is 0.647. The van der Waals surface area contributed by atoms with E-state index in [1.165, 1.54) is 16.4 Å². The number of aliphatic imine (C=N–C) groups is 1. The van der Waals surface area contributed by atoms with Crippen molar-refractivity contribution in [1.29, 1.82) is 0 Å². The lowest BCUT2D eigenvalue weighted by molar-refractivity contribution is 0.372. The van der Waals surface area contributed by atoms with Gasteiger partial charge in [0.25, 0.3) is 0 Å². The van der Waals surface area contributed by atoms with Gasteiger partial charge >= 0.3 is 0 Å². The number of hydrogen-bond donors (Lipinski definition) is 1. The maximum atomic E-state index is 4.81. The highest BCUT2D eigenvalue weighted by atomic mass is 127. The van der Waals surface area contributed by atoms with Crippen LogP contribution in [0.25, 0.3) is 0 Å². The number of anilines is 1. The molecule has 27 heavy (non-hydrogen) atoms. The summed E-state index contributed by atoms with van der Waals surface area (Å²) in [5.41, 5.74) is 1.11. The average Bonchev–Trinajstić information content (AvgIpc) is 3.26. The van der Waals surface area contributed by atoms with Gasteiger partial charge in [0.2, 0.25) is 5.13 Å². The molecule has 2 aromatic heterocycles. The molecular formula is C17H28IN7S2. The molecule has 1 N–H and O–H groups in total. The standard InChI is InChI=1S/C17H27N7S2.HI/c1-5-14-21-17(26-22-14)24-9-7-23(8-10-24)16(18-6-2)19-11-15-20-12(3)13(4)25-15;/h5-11H2,1-4H3,(H,18,19);1H. The maximum Gasteiger partial charge on any atom is 0.205 e. The van der Waals surface area contributed by atoms with E-state index in [0.717, 1.165) is 66.8 Å². The topological polar surface area (TPSA) is 69.5 Å². The molecular weight excluding hydrogens is 493 g/mol. The van der Waals surface area contributed by atoms with Crippen LogP contribution in [0.3, 0.4) is 0 Å². The first-order valence-electron chi connectivity index (χ1n) is 9.14. The molecule has 0 aliphatic carbocycles. The van der Waals surface area contributed by atoms with Crippen molar-refractivity contribution in [2.45, 2.75) is 40.7 Å². The van der Waals surface area contributed by atoms with Crippen molar-refractivity contribution >= 4 is 57.9 Å². The van der Waals surface area contributed by atoms with Crippen molar-refractivity contribution in [2.75, 3.05) is 37.6 Å². The molecule has 1 fully saturated rings. The summed E-state index contributed by atoms with van der Waals surface area (Å²) in [5, 5.41) is 5.54. The quantitative estimate of drug-likeness (QED) is 0.371. The molecule has 3 rings (SSSR count). The van der Waals surface area contributed by atoms with E-state index in [1.807, 2.05) is 0 Å².